The summed E-state index contributed by atoms with van der Waals surface area (Å²) < 4.78 is 5.98. The first-order chi connectivity index (χ1) is 10.3. The minimum Gasteiger partial charge on any atom is -0.482 e. The van der Waals surface area contributed by atoms with Crippen LogP contribution in [-0.4, -0.2) is 9.97 Å². The molecule has 1 atom stereocenters. The number of hydrogen-bond acceptors (Lipinski definition) is 3. The largest absolute Gasteiger partial charge is 0.482 e. The van der Waals surface area contributed by atoms with E-state index in [1.807, 2.05) is 24.3 Å². The molecule has 0 spiro atoms. The van der Waals surface area contributed by atoms with E-state index in [0.717, 1.165) is 23.7 Å². The van der Waals surface area contributed by atoms with Crippen molar-refractivity contribution >= 4 is 11.6 Å². The van der Waals surface area contributed by atoms with Gasteiger partial charge in [0.05, 0.1) is 0 Å². The monoisotopic (exact) mass is 300 g/mol. The Morgan fingerprint density at radius 1 is 1.10 bits per heavy atom. The Labute approximate surface area is 129 Å². The highest BCUT2D eigenvalue weighted by atomic mass is 35.5. The van der Waals surface area contributed by atoms with Crippen LogP contribution in [0.3, 0.4) is 0 Å². The topological polar surface area (TPSA) is 35.0 Å². The second-order valence-corrected chi connectivity index (χ2v) is 6.26. The van der Waals surface area contributed by atoms with Gasteiger partial charge in [-0.2, -0.15) is 0 Å². The van der Waals surface area contributed by atoms with E-state index in [9.17, 15) is 0 Å². The zero-order chi connectivity index (χ0) is 14.2. The van der Waals surface area contributed by atoms with E-state index in [2.05, 4.69) is 11.1 Å². The number of nitrogens with zero attached hydrogens (tertiary/aromatic N) is 2. The minimum absolute atomic E-state index is 0.110. The second kappa shape index (κ2) is 5.30. The maximum atomic E-state index is 6.21. The van der Waals surface area contributed by atoms with E-state index in [4.69, 9.17) is 21.3 Å². The lowest BCUT2D eigenvalue weighted by molar-refractivity contribution is 0.227. The molecule has 3 nitrogen and oxygen atoms in total. The molecule has 0 amide bonds. The first-order valence-corrected chi connectivity index (χ1v) is 7.96. The molecular weight excluding hydrogens is 284 g/mol. The van der Waals surface area contributed by atoms with Crippen molar-refractivity contribution in [3.63, 3.8) is 0 Å². The Kier molecular flexibility index (Phi) is 3.30. The predicted molar refractivity (Wildman–Crippen MR) is 81.8 cm³/mol. The highest BCUT2D eigenvalue weighted by Crippen LogP contribution is 2.37. The van der Waals surface area contributed by atoms with E-state index in [-0.39, 0.29) is 6.10 Å². The Hall–Kier alpha value is -1.61. The van der Waals surface area contributed by atoms with Gasteiger partial charge in [-0.3, -0.25) is 0 Å². The van der Waals surface area contributed by atoms with Crippen LogP contribution < -0.4 is 4.74 Å². The van der Waals surface area contributed by atoms with E-state index >= 15 is 0 Å². The zero-order valence-electron chi connectivity index (χ0n) is 11.8. The molecule has 108 valence electrons. The first-order valence-electron chi connectivity index (χ1n) is 7.58. The molecule has 0 bridgehead atoms. The molecule has 1 unspecified atom stereocenters. The van der Waals surface area contributed by atoms with Crippen molar-refractivity contribution in [1.29, 1.82) is 0 Å². The third-order valence-electron chi connectivity index (χ3n) is 4.44. The summed E-state index contributed by atoms with van der Waals surface area (Å²) >= 11 is 6.21. The van der Waals surface area contributed by atoms with Crippen LogP contribution in [0.2, 0.25) is 5.15 Å². The number of para-hydroxylation sites is 1. The standard InChI is InChI=1S/C17H17ClN2O/c18-16-10-13(11-5-1-2-6-11)19-17(20-16)15-9-12-7-3-4-8-14(12)21-15/h3-4,7-8,10-11,15H,1-2,5-6,9H2. The van der Waals surface area contributed by atoms with Gasteiger partial charge in [0.1, 0.15) is 10.9 Å². The fourth-order valence-corrected chi connectivity index (χ4v) is 3.55. The number of fused-ring (bicyclic) bond motifs is 1. The van der Waals surface area contributed by atoms with Crippen molar-refractivity contribution in [1.82, 2.24) is 9.97 Å². The molecular formula is C17H17ClN2O. The lowest BCUT2D eigenvalue weighted by atomic mass is 10.0. The summed E-state index contributed by atoms with van der Waals surface area (Å²) in [6.45, 7) is 0. The fraction of sp³-hybridized carbons (Fsp3) is 0.412. The molecule has 1 aliphatic carbocycles. The maximum Gasteiger partial charge on any atom is 0.171 e. The number of hydrogen-bond donors (Lipinski definition) is 0. The lowest BCUT2D eigenvalue weighted by Gasteiger charge is -2.14. The summed E-state index contributed by atoms with van der Waals surface area (Å²) in [5.74, 6) is 2.20. The minimum atomic E-state index is -0.110. The van der Waals surface area contributed by atoms with E-state index < -0.39 is 0 Å². The maximum absolute atomic E-state index is 6.21. The van der Waals surface area contributed by atoms with E-state index in [0.29, 0.717) is 11.1 Å². The Morgan fingerprint density at radius 2 is 1.90 bits per heavy atom. The Bertz CT molecular complexity index is 643. The van der Waals surface area contributed by atoms with Crippen LogP contribution in [0.5, 0.6) is 5.75 Å². The van der Waals surface area contributed by atoms with Crippen molar-refractivity contribution in [3.05, 3.63) is 52.6 Å². The number of rotatable bonds is 2. The molecule has 1 saturated carbocycles. The Balaban J connectivity index is 1.64. The van der Waals surface area contributed by atoms with Crippen molar-refractivity contribution in [2.75, 3.05) is 0 Å². The third kappa shape index (κ3) is 2.51. The molecule has 0 saturated heterocycles. The highest BCUT2D eigenvalue weighted by molar-refractivity contribution is 6.29. The molecule has 1 aromatic carbocycles. The van der Waals surface area contributed by atoms with Crippen LogP contribution in [0.1, 0.15) is 54.8 Å². The van der Waals surface area contributed by atoms with Crippen molar-refractivity contribution in [2.24, 2.45) is 0 Å². The van der Waals surface area contributed by atoms with Crippen molar-refractivity contribution < 1.29 is 4.74 Å². The molecule has 0 N–H and O–H groups in total. The first kappa shape index (κ1) is 13.1. The van der Waals surface area contributed by atoms with Gasteiger partial charge < -0.3 is 4.74 Å². The van der Waals surface area contributed by atoms with Gasteiger partial charge in [-0.15, -0.1) is 0 Å². The number of ether oxygens (including phenoxy) is 1. The molecule has 2 aromatic rings. The summed E-state index contributed by atoms with van der Waals surface area (Å²) in [6, 6.07) is 10.0. The fourth-order valence-electron chi connectivity index (χ4n) is 3.35. The molecule has 0 radical (unpaired) electrons. The third-order valence-corrected chi connectivity index (χ3v) is 4.63. The van der Waals surface area contributed by atoms with Crippen molar-refractivity contribution in [2.45, 2.75) is 44.1 Å². The summed E-state index contributed by atoms with van der Waals surface area (Å²) in [5, 5.41) is 0.529. The smallest absolute Gasteiger partial charge is 0.171 e. The van der Waals surface area contributed by atoms with Gasteiger partial charge in [-0.25, -0.2) is 9.97 Å². The summed E-state index contributed by atoms with van der Waals surface area (Å²) in [6.07, 6.45) is 5.69. The zero-order valence-corrected chi connectivity index (χ0v) is 12.5. The van der Waals surface area contributed by atoms with Crippen LogP contribution in [0.4, 0.5) is 0 Å². The normalized spacial score (nSPS) is 21.3. The molecule has 1 aliphatic heterocycles. The van der Waals surface area contributed by atoms with Gasteiger partial charge >= 0.3 is 0 Å². The molecule has 4 rings (SSSR count). The summed E-state index contributed by atoms with van der Waals surface area (Å²) in [5.41, 5.74) is 2.30. The van der Waals surface area contributed by atoms with Gasteiger partial charge in [0.15, 0.2) is 11.9 Å². The van der Waals surface area contributed by atoms with Gasteiger partial charge in [0.25, 0.3) is 0 Å². The van der Waals surface area contributed by atoms with Gasteiger partial charge in [0, 0.05) is 18.0 Å². The molecule has 4 heteroatoms. The van der Waals surface area contributed by atoms with E-state index in [1.165, 1.54) is 31.2 Å². The van der Waals surface area contributed by atoms with Crippen LogP contribution >= 0.6 is 11.6 Å². The second-order valence-electron chi connectivity index (χ2n) is 5.87. The average Bonchev–Trinajstić information content (AvgIpc) is 3.16. The SMILES string of the molecule is Clc1cc(C2CCCC2)nc(C2Cc3ccccc3O2)n1. The van der Waals surface area contributed by atoms with Gasteiger partial charge in [-0.1, -0.05) is 42.6 Å². The van der Waals surface area contributed by atoms with Gasteiger partial charge in [0.2, 0.25) is 0 Å². The summed E-state index contributed by atoms with van der Waals surface area (Å²) in [7, 11) is 0. The predicted octanol–water partition coefficient (Wildman–Crippen LogP) is 4.46. The highest BCUT2D eigenvalue weighted by Gasteiger charge is 2.28. The van der Waals surface area contributed by atoms with Crippen molar-refractivity contribution in [3.8, 4) is 5.75 Å². The number of halogens is 1. The quantitative estimate of drug-likeness (QED) is 0.768. The van der Waals surface area contributed by atoms with Crippen LogP contribution in [0.25, 0.3) is 0 Å². The molecule has 1 aromatic heterocycles. The molecule has 21 heavy (non-hydrogen) atoms. The molecule has 1 fully saturated rings. The van der Waals surface area contributed by atoms with Crippen LogP contribution in [0.15, 0.2) is 30.3 Å². The molecule has 2 heterocycles. The number of benzene rings is 1. The summed E-state index contributed by atoms with van der Waals surface area (Å²) in [4.78, 5) is 9.16. The van der Waals surface area contributed by atoms with E-state index in [1.54, 1.807) is 0 Å². The molecule has 2 aliphatic rings. The number of aromatic nitrogens is 2. The van der Waals surface area contributed by atoms with Gasteiger partial charge in [-0.05, 0) is 30.5 Å². The van der Waals surface area contributed by atoms with Crippen LogP contribution in [0, 0.1) is 0 Å². The average molecular weight is 301 g/mol. The van der Waals surface area contributed by atoms with Crippen LogP contribution in [-0.2, 0) is 6.42 Å². The lowest BCUT2D eigenvalue weighted by Crippen LogP contribution is -2.11. The Morgan fingerprint density at radius 3 is 2.71 bits per heavy atom.